The molecule has 0 aromatic carbocycles. The van der Waals surface area contributed by atoms with Gasteiger partial charge >= 0.3 is 0 Å². The van der Waals surface area contributed by atoms with Crippen LogP contribution < -0.4 is 10.5 Å². The van der Waals surface area contributed by atoms with Gasteiger partial charge in [0.25, 0.3) is 11.5 Å². The lowest BCUT2D eigenvalue weighted by Crippen LogP contribution is -2.42. The summed E-state index contributed by atoms with van der Waals surface area (Å²) in [5.74, 6) is 1.69. The summed E-state index contributed by atoms with van der Waals surface area (Å²) >= 11 is 6.80. The van der Waals surface area contributed by atoms with E-state index in [0.29, 0.717) is 33.2 Å². The minimum absolute atomic E-state index is 0.0250. The highest BCUT2D eigenvalue weighted by atomic mass is 32.2. The maximum absolute atomic E-state index is 13.2. The van der Waals surface area contributed by atoms with Gasteiger partial charge in [-0.1, -0.05) is 44.8 Å². The van der Waals surface area contributed by atoms with E-state index < -0.39 is 0 Å². The van der Waals surface area contributed by atoms with Crippen LogP contribution in [-0.4, -0.2) is 38.8 Å². The molecule has 0 bridgehead atoms. The zero-order valence-electron chi connectivity index (χ0n) is 19.8. The van der Waals surface area contributed by atoms with Crippen molar-refractivity contribution in [1.82, 2.24) is 9.47 Å². The summed E-state index contributed by atoms with van der Waals surface area (Å²) in [7, 11) is 0. The fourth-order valence-electron chi connectivity index (χ4n) is 4.79. The van der Waals surface area contributed by atoms with Gasteiger partial charge < -0.3 is 4.90 Å². The molecule has 1 aromatic rings. The third kappa shape index (κ3) is 4.38. The van der Waals surface area contributed by atoms with E-state index in [0.717, 1.165) is 37.3 Å². The van der Waals surface area contributed by atoms with Crippen LogP contribution >= 0.6 is 24.0 Å². The van der Waals surface area contributed by atoms with E-state index in [4.69, 9.17) is 12.2 Å². The van der Waals surface area contributed by atoms with Gasteiger partial charge in [-0.2, -0.15) is 5.26 Å². The fraction of sp³-hybridized carbons (Fsp3) is 0.583. The highest BCUT2D eigenvalue weighted by Crippen LogP contribution is 2.38. The van der Waals surface area contributed by atoms with Gasteiger partial charge in [0, 0.05) is 31.2 Å². The van der Waals surface area contributed by atoms with Crippen molar-refractivity contribution in [3.05, 3.63) is 31.9 Å². The molecule has 0 radical (unpaired) electrons. The maximum atomic E-state index is 13.2. The van der Waals surface area contributed by atoms with Gasteiger partial charge in [0.1, 0.15) is 21.8 Å². The Morgan fingerprint density at radius 1 is 1.25 bits per heavy atom. The number of carbonyl (C=O) groups is 1. The molecule has 1 amide bonds. The monoisotopic (exact) mass is 472 g/mol. The number of aromatic nitrogens is 1. The highest BCUT2D eigenvalue weighted by Gasteiger charge is 2.36. The van der Waals surface area contributed by atoms with Gasteiger partial charge in [-0.15, -0.1) is 0 Å². The van der Waals surface area contributed by atoms with Crippen molar-refractivity contribution in [2.45, 2.75) is 67.0 Å². The first-order valence-corrected chi connectivity index (χ1v) is 12.6. The molecular weight excluding hydrogens is 440 g/mol. The lowest BCUT2D eigenvalue weighted by Gasteiger charge is -2.38. The van der Waals surface area contributed by atoms with Crippen LogP contribution in [0.3, 0.4) is 0 Å². The van der Waals surface area contributed by atoms with Crippen molar-refractivity contribution in [2.24, 2.45) is 11.8 Å². The molecule has 172 valence electrons. The number of rotatable bonds is 5. The van der Waals surface area contributed by atoms with Gasteiger partial charge in [-0.3, -0.25) is 19.1 Å². The summed E-state index contributed by atoms with van der Waals surface area (Å²) in [6.45, 7) is 14.3. The van der Waals surface area contributed by atoms with Crippen molar-refractivity contribution in [3.63, 3.8) is 0 Å². The summed E-state index contributed by atoms with van der Waals surface area (Å²) in [6, 6.07) is 2.12. The molecule has 3 rings (SSSR count). The Morgan fingerprint density at radius 2 is 1.88 bits per heavy atom. The number of hydrogen-bond acceptors (Lipinski definition) is 6. The first-order chi connectivity index (χ1) is 15.1. The van der Waals surface area contributed by atoms with Crippen molar-refractivity contribution in [2.75, 3.05) is 18.0 Å². The summed E-state index contributed by atoms with van der Waals surface area (Å²) < 4.78 is 2.25. The minimum Gasteiger partial charge on any atom is -0.357 e. The van der Waals surface area contributed by atoms with Crippen LogP contribution in [0, 0.1) is 30.1 Å². The molecule has 2 saturated heterocycles. The van der Waals surface area contributed by atoms with Gasteiger partial charge in [0.05, 0.1) is 4.91 Å². The topological polar surface area (TPSA) is 69.3 Å². The number of amides is 1. The number of piperidine rings is 1. The SMILES string of the molecule is CCC(C)N1C(=O)C(=Cc2c(C)c(C#N)c(=O)n(CC)c2N2CC(C)CC(C)C2)SC1=S. The third-order valence-electron chi connectivity index (χ3n) is 6.46. The second-order valence-corrected chi connectivity index (χ2v) is 10.7. The molecule has 1 aromatic heterocycles. The molecule has 0 spiro atoms. The number of nitriles is 1. The van der Waals surface area contributed by atoms with Crippen LogP contribution in [0.4, 0.5) is 5.82 Å². The minimum atomic E-state index is -0.266. The number of nitrogens with zero attached hydrogens (tertiary/aromatic N) is 4. The van der Waals surface area contributed by atoms with Crippen LogP contribution in [-0.2, 0) is 11.3 Å². The van der Waals surface area contributed by atoms with Crippen LogP contribution in [0.15, 0.2) is 9.70 Å². The van der Waals surface area contributed by atoms with Crippen molar-refractivity contribution < 1.29 is 4.79 Å². The molecule has 2 aliphatic rings. The molecule has 0 saturated carbocycles. The van der Waals surface area contributed by atoms with Crippen LogP contribution in [0.1, 0.15) is 64.2 Å². The highest BCUT2D eigenvalue weighted by molar-refractivity contribution is 8.26. The first kappa shape index (κ1) is 24.5. The molecule has 2 aliphatic heterocycles. The largest absolute Gasteiger partial charge is 0.357 e. The first-order valence-electron chi connectivity index (χ1n) is 11.3. The third-order valence-corrected chi connectivity index (χ3v) is 7.79. The summed E-state index contributed by atoms with van der Waals surface area (Å²) in [5, 5.41) is 9.73. The standard InChI is InChI=1S/C24H32N4O2S2/c1-7-16(5)28-23(30)20(32-24(28)31)10-18-17(6)19(11-25)22(29)27(8-2)21(18)26-12-14(3)9-15(4)13-26/h10,14-16H,7-9,12-13H2,1-6H3. The second kappa shape index (κ2) is 9.80. The maximum Gasteiger partial charge on any atom is 0.270 e. The van der Waals surface area contributed by atoms with E-state index >= 15 is 0 Å². The lowest BCUT2D eigenvalue weighted by molar-refractivity contribution is -0.123. The van der Waals surface area contributed by atoms with Gasteiger partial charge in [0.2, 0.25) is 0 Å². The molecule has 0 N–H and O–H groups in total. The zero-order valence-corrected chi connectivity index (χ0v) is 21.4. The Bertz CT molecular complexity index is 1060. The number of anilines is 1. The normalized spacial score (nSPS) is 23.7. The van der Waals surface area contributed by atoms with Gasteiger partial charge in [-0.25, -0.2) is 0 Å². The van der Waals surface area contributed by atoms with Crippen molar-refractivity contribution in [1.29, 1.82) is 5.26 Å². The number of thiocarbonyl (C=S) groups is 1. The summed E-state index contributed by atoms with van der Waals surface area (Å²) in [6.07, 6.45) is 3.81. The average molecular weight is 473 g/mol. The number of thioether (sulfide) groups is 1. The molecule has 32 heavy (non-hydrogen) atoms. The number of hydrogen-bond donors (Lipinski definition) is 0. The Labute approximate surface area is 200 Å². The van der Waals surface area contributed by atoms with E-state index in [9.17, 15) is 14.9 Å². The predicted octanol–water partition coefficient (Wildman–Crippen LogP) is 4.53. The van der Waals surface area contributed by atoms with E-state index in [-0.39, 0.29) is 23.1 Å². The predicted molar refractivity (Wildman–Crippen MR) is 136 cm³/mol. The van der Waals surface area contributed by atoms with Crippen LogP contribution in [0.2, 0.25) is 0 Å². The fourth-order valence-corrected chi connectivity index (χ4v) is 6.23. The summed E-state index contributed by atoms with van der Waals surface area (Å²) in [4.78, 5) is 30.8. The second-order valence-electron chi connectivity index (χ2n) is 9.06. The van der Waals surface area contributed by atoms with Crippen LogP contribution in [0.5, 0.6) is 0 Å². The smallest absolute Gasteiger partial charge is 0.270 e. The zero-order chi connectivity index (χ0) is 23.7. The van der Waals surface area contributed by atoms with Gasteiger partial charge in [-0.05, 0) is 57.1 Å². The molecule has 6 nitrogen and oxygen atoms in total. The van der Waals surface area contributed by atoms with Crippen molar-refractivity contribution >= 4 is 46.1 Å². The van der Waals surface area contributed by atoms with Crippen LogP contribution in [0.25, 0.3) is 6.08 Å². The molecule has 2 fully saturated rings. The Kier molecular flexibility index (Phi) is 7.51. The number of pyridine rings is 1. The molecule has 8 heteroatoms. The molecule has 3 unspecified atom stereocenters. The lowest BCUT2D eigenvalue weighted by atomic mass is 9.91. The molecule has 0 aliphatic carbocycles. The molecule has 3 atom stereocenters. The average Bonchev–Trinajstić information content (AvgIpc) is 3.01. The van der Waals surface area contributed by atoms with E-state index in [2.05, 4.69) is 24.8 Å². The quantitative estimate of drug-likeness (QED) is 0.463. The Balaban J connectivity index is 2.24. The molecular formula is C24H32N4O2S2. The Morgan fingerprint density at radius 3 is 2.41 bits per heavy atom. The van der Waals surface area contributed by atoms with E-state index in [1.807, 2.05) is 33.8 Å². The molecule has 3 heterocycles. The van der Waals surface area contributed by atoms with Crippen molar-refractivity contribution in [3.8, 4) is 6.07 Å². The summed E-state index contributed by atoms with van der Waals surface area (Å²) in [5.41, 5.74) is 1.26. The van der Waals surface area contributed by atoms with E-state index in [1.165, 1.54) is 11.8 Å². The van der Waals surface area contributed by atoms with Gasteiger partial charge in [0.15, 0.2) is 0 Å². The number of carbonyl (C=O) groups excluding carboxylic acids is 1. The van der Waals surface area contributed by atoms with E-state index in [1.54, 1.807) is 9.47 Å². The Hall–Kier alpha value is -2.11.